The molecule has 1 aromatic rings. The monoisotopic (exact) mass is 259 g/mol. The number of nitriles is 1. The van der Waals surface area contributed by atoms with Crippen molar-refractivity contribution in [1.82, 2.24) is 0 Å². The van der Waals surface area contributed by atoms with E-state index in [1.807, 2.05) is 13.8 Å². The number of ether oxygens (including phenoxy) is 2. The van der Waals surface area contributed by atoms with Crippen molar-refractivity contribution in [3.05, 3.63) is 23.8 Å². The third-order valence-electron chi connectivity index (χ3n) is 2.96. The summed E-state index contributed by atoms with van der Waals surface area (Å²) in [5.74, 6) is 0.761. The predicted molar refractivity (Wildman–Crippen MR) is 70.2 cm³/mol. The Morgan fingerprint density at radius 2 is 2.00 bits per heavy atom. The molecule has 2 rings (SSSR count). The second kappa shape index (κ2) is 5.75. The van der Waals surface area contributed by atoms with Crippen LogP contribution in [0.4, 0.5) is 0 Å². The lowest BCUT2D eigenvalue weighted by atomic mass is 9.91. The maximum Gasteiger partial charge on any atom is 0.161 e. The van der Waals surface area contributed by atoms with E-state index >= 15 is 0 Å². The van der Waals surface area contributed by atoms with Gasteiger partial charge in [-0.3, -0.25) is 4.79 Å². The number of ketones is 1. The molecule has 0 amide bonds. The first-order chi connectivity index (χ1) is 9.11. The standard InChI is InChI=1S/C15H17NO3/c1-10(2)7-13(17)12(9-16)11-3-4-14-15(8-11)19-6-5-18-14/h3-4,8,10,12H,5-7H2,1-2H3. The van der Waals surface area contributed by atoms with Gasteiger partial charge in [-0.1, -0.05) is 19.9 Å². The zero-order valence-electron chi connectivity index (χ0n) is 11.2. The Hall–Kier alpha value is -2.02. The average Bonchev–Trinajstić information content (AvgIpc) is 2.38. The first-order valence-electron chi connectivity index (χ1n) is 6.43. The molecule has 4 nitrogen and oxygen atoms in total. The Balaban J connectivity index is 2.24. The van der Waals surface area contributed by atoms with Gasteiger partial charge in [0.15, 0.2) is 17.3 Å². The molecule has 1 atom stereocenters. The van der Waals surface area contributed by atoms with Crippen LogP contribution in [-0.2, 0) is 4.79 Å². The number of Topliss-reactive ketones (excluding diaryl/α,β-unsaturated/α-hetero) is 1. The number of hydrogen-bond donors (Lipinski definition) is 0. The van der Waals surface area contributed by atoms with Gasteiger partial charge in [-0.05, 0) is 23.6 Å². The molecule has 1 unspecified atom stereocenters. The molecule has 0 fully saturated rings. The second-order valence-corrected chi connectivity index (χ2v) is 5.03. The molecule has 100 valence electrons. The van der Waals surface area contributed by atoms with Gasteiger partial charge in [0.25, 0.3) is 0 Å². The van der Waals surface area contributed by atoms with E-state index in [4.69, 9.17) is 9.47 Å². The molecular weight excluding hydrogens is 242 g/mol. The van der Waals surface area contributed by atoms with Crippen molar-refractivity contribution in [2.75, 3.05) is 13.2 Å². The fraction of sp³-hybridized carbons (Fsp3) is 0.467. The molecule has 1 aliphatic rings. The Morgan fingerprint density at radius 1 is 1.32 bits per heavy atom. The van der Waals surface area contributed by atoms with E-state index in [1.165, 1.54) is 0 Å². The molecule has 4 heteroatoms. The summed E-state index contributed by atoms with van der Waals surface area (Å²) in [4.78, 5) is 12.1. The normalized spacial score (nSPS) is 14.8. The van der Waals surface area contributed by atoms with Crippen molar-refractivity contribution >= 4 is 5.78 Å². The largest absolute Gasteiger partial charge is 0.486 e. The van der Waals surface area contributed by atoms with Crippen LogP contribution in [0, 0.1) is 17.2 Å². The molecule has 0 bridgehead atoms. The van der Waals surface area contributed by atoms with Gasteiger partial charge in [0.1, 0.15) is 19.1 Å². The lowest BCUT2D eigenvalue weighted by Crippen LogP contribution is -2.17. The van der Waals surface area contributed by atoms with E-state index < -0.39 is 5.92 Å². The molecule has 0 saturated carbocycles. The molecule has 0 saturated heterocycles. The Kier molecular flexibility index (Phi) is 4.06. The van der Waals surface area contributed by atoms with Crippen molar-refractivity contribution < 1.29 is 14.3 Å². The first kappa shape index (κ1) is 13.4. The van der Waals surface area contributed by atoms with Gasteiger partial charge < -0.3 is 9.47 Å². The number of nitrogens with zero attached hydrogens (tertiary/aromatic N) is 1. The third-order valence-corrected chi connectivity index (χ3v) is 2.96. The summed E-state index contributed by atoms with van der Waals surface area (Å²) >= 11 is 0. The van der Waals surface area contributed by atoms with Crippen LogP contribution in [0.1, 0.15) is 31.7 Å². The summed E-state index contributed by atoms with van der Waals surface area (Å²) in [6.07, 6.45) is 0.409. The van der Waals surface area contributed by atoms with Crippen LogP contribution in [0.3, 0.4) is 0 Å². The van der Waals surface area contributed by atoms with Gasteiger partial charge in [0, 0.05) is 6.42 Å². The lowest BCUT2D eigenvalue weighted by Gasteiger charge is -2.19. The summed E-state index contributed by atoms with van der Waals surface area (Å²) in [6.45, 7) is 4.96. The fourth-order valence-corrected chi connectivity index (χ4v) is 2.09. The van der Waals surface area contributed by atoms with Crippen LogP contribution >= 0.6 is 0 Å². The maximum atomic E-state index is 12.1. The third kappa shape index (κ3) is 3.05. The Morgan fingerprint density at radius 3 is 2.63 bits per heavy atom. The van der Waals surface area contributed by atoms with E-state index in [1.54, 1.807) is 18.2 Å². The van der Waals surface area contributed by atoms with Gasteiger partial charge >= 0.3 is 0 Å². The smallest absolute Gasteiger partial charge is 0.161 e. The van der Waals surface area contributed by atoms with E-state index in [2.05, 4.69) is 6.07 Å². The minimum Gasteiger partial charge on any atom is -0.486 e. The molecule has 19 heavy (non-hydrogen) atoms. The van der Waals surface area contributed by atoms with Crippen LogP contribution in [0.2, 0.25) is 0 Å². The van der Waals surface area contributed by atoms with Gasteiger partial charge in [-0.15, -0.1) is 0 Å². The topological polar surface area (TPSA) is 59.3 Å². The molecule has 1 aliphatic heterocycles. The number of rotatable bonds is 4. The van der Waals surface area contributed by atoms with Crippen molar-refractivity contribution in [3.63, 3.8) is 0 Å². The van der Waals surface area contributed by atoms with Crippen molar-refractivity contribution in [1.29, 1.82) is 5.26 Å². The summed E-state index contributed by atoms with van der Waals surface area (Å²) in [5.41, 5.74) is 0.678. The fourth-order valence-electron chi connectivity index (χ4n) is 2.09. The molecule has 1 aromatic carbocycles. The number of hydrogen-bond acceptors (Lipinski definition) is 4. The molecule has 0 N–H and O–H groups in total. The van der Waals surface area contributed by atoms with Crippen molar-refractivity contribution in [2.45, 2.75) is 26.2 Å². The highest BCUT2D eigenvalue weighted by Crippen LogP contribution is 2.33. The van der Waals surface area contributed by atoms with Crippen LogP contribution in [-0.4, -0.2) is 19.0 Å². The second-order valence-electron chi connectivity index (χ2n) is 5.03. The average molecular weight is 259 g/mol. The number of carbonyl (C=O) groups excluding carboxylic acids is 1. The molecule has 0 spiro atoms. The maximum absolute atomic E-state index is 12.1. The molecule has 0 aromatic heterocycles. The highest BCUT2D eigenvalue weighted by Gasteiger charge is 2.23. The molecule has 0 radical (unpaired) electrons. The number of carbonyl (C=O) groups is 1. The minimum atomic E-state index is -0.724. The first-order valence-corrected chi connectivity index (χ1v) is 6.43. The highest BCUT2D eigenvalue weighted by atomic mass is 16.6. The molecule has 0 aliphatic carbocycles. The van der Waals surface area contributed by atoms with Gasteiger partial charge in [0.2, 0.25) is 0 Å². The molecular formula is C15H17NO3. The van der Waals surface area contributed by atoms with E-state index in [0.29, 0.717) is 36.7 Å². The summed E-state index contributed by atoms with van der Waals surface area (Å²) in [5, 5.41) is 9.22. The number of benzene rings is 1. The SMILES string of the molecule is CC(C)CC(=O)C(C#N)c1ccc2c(c1)OCCO2. The number of fused-ring (bicyclic) bond motifs is 1. The van der Waals surface area contributed by atoms with Crippen LogP contribution in [0.5, 0.6) is 11.5 Å². The summed E-state index contributed by atoms with van der Waals surface area (Å²) < 4.78 is 10.9. The van der Waals surface area contributed by atoms with Gasteiger partial charge in [-0.2, -0.15) is 5.26 Å². The summed E-state index contributed by atoms with van der Waals surface area (Å²) in [7, 11) is 0. The van der Waals surface area contributed by atoms with Gasteiger partial charge in [0.05, 0.1) is 6.07 Å². The highest BCUT2D eigenvalue weighted by molar-refractivity contribution is 5.88. The van der Waals surface area contributed by atoms with E-state index in [0.717, 1.165) is 0 Å². The predicted octanol–water partition coefficient (Wildman–Crippen LogP) is 2.68. The van der Waals surface area contributed by atoms with Gasteiger partial charge in [-0.25, -0.2) is 0 Å². The lowest BCUT2D eigenvalue weighted by molar-refractivity contribution is -0.120. The van der Waals surface area contributed by atoms with Crippen LogP contribution in [0.25, 0.3) is 0 Å². The van der Waals surface area contributed by atoms with Crippen LogP contribution in [0.15, 0.2) is 18.2 Å². The van der Waals surface area contributed by atoms with Crippen molar-refractivity contribution in [3.8, 4) is 17.6 Å². The zero-order chi connectivity index (χ0) is 13.8. The van der Waals surface area contributed by atoms with E-state index in [9.17, 15) is 10.1 Å². The Labute approximate surface area is 112 Å². The van der Waals surface area contributed by atoms with Crippen molar-refractivity contribution in [2.24, 2.45) is 5.92 Å². The van der Waals surface area contributed by atoms with E-state index in [-0.39, 0.29) is 11.7 Å². The summed E-state index contributed by atoms with van der Waals surface area (Å²) in [6, 6.07) is 7.35. The Bertz CT molecular complexity index is 517. The van der Waals surface area contributed by atoms with Crippen LogP contribution < -0.4 is 9.47 Å². The zero-order valence-corrected chi connectivity index (χ0v) is 11.2. The minimum absolute atomic E-state index is 0.0471. The molecule has 1 heterocycles. The quantitative estimate of drug-likeness (QED) is 0.834.